The molecule has 1 aromatic heterocycles. The summed E-state index contributed by atoms with van der Waals surface area (Å²) in [5.74, 6) is 0. The van der Waals surface area contributed by atoms with Gasteiger partial charge in [-0.1, -0.05) is 40.9 Å². The van der Waals surface area contributed by atoms with E-state index in [0.717, 1.165) is 11.1 Å². The van der Waals surface area contributed by atoms with E-state index in [1.807, 2.05) is 12.1 Å². The molecule has 0 fully saturated rings. The molecule has 5 heteroatoms. The monoisotopic (exact) mass is 296 g/mol. The Morgan fingerprint density at radius 2 is 1.89 bits per heavy atom. The number of halogens is 3. The lowest BCUT2D eigenvalue weighted by Crippen LogP contribution is -1.89. The number of nitrogens with zero attached hydrogens (tertiary/aromatic N) is 2. The van der Waals surface area contributed by atoms with Crippen molar-refractivity contribution in [1.29, 1.82) is 5.26 Å². The highest BCUT2D eigenvalue weighted by molar-refractivity contribution is 6.49. The summed E-state index contributed by atoms with van der Waals surface area (Å²) in [5.41, 5.74) is 2.32. The second-order valence-electron chi connectivity index (χ2n) is 3.59. The third kappa shape index (κ3) is 2.59. The van der Waals surface area contributed by atoms with Crippen LogP contribution in [-0.4, -0.2) is 4.98 Å². The van der Waals surface area contributed by atoms with Crippen molar-refractivity contribution in [3.8, 4) is 17.2 Å². The summed E-state index contributed by atoms with van der Waals surface area (Å²) >= 11 is 18.0. The zero-order valence-corrected chi connectivity index (χ0v) is 11.4. The van der Waals surface area contributed by atoms with Crippen molar-refractivity contribution in [2.75, 3.05) is 0 Å². The largest absolute Gasteiger partial charge is 0.260 e. The highest BCUT2D eigenvalue weighted by Gasteiger charge is 2.10. The molecule has 90 valence electrons. The Morgan fingerprint density at radius 1 is 1.11 bits per heavy atom. The van der Waals surface area contributed by atoms with Crippen molar-refractivity contribution in [3.05, 3.63) is 51.2 Å². The molecule has 0 saturated carbocycles. The minimum atomic E-state index is 0.257. The van der Waals surface area contributed by atoms with E-state index < -0.39 is 0 Å². The topological polar surface area (TPSA) is 36.7 Å². The first-order valence-corrected chi connectivity index (χ1v) is 6.22. The number of pyridine rings is 1. The first-order chi connectivity index (χ1) is 8.63. The molecule has 1 aromatic carbocycles. The Hall–Kier alpha value is -1.27. The predicted molar refractivity (Wildman–Crippen MR) is 74.0 cm³/mol. The van der Waals surface area contributed by atoms with Crippen LogP contribution >= 0.6 is 34.8 Å². The average molecular weight is 298 g/mol. The number of hydrogen-bond acceptors (Lipinski definition) is 2. The molecular weight excluding hydrogens is 291 g/mol. The minimum absolute atomic E-state index is 0.257. The Morgan fingerprint density at radius 3 is 2.61 bits per heavy atom. The van der Waals surface area contributed by atoms with E-state index in [9.17, 15) is 0 Å². The molecule has 2 aromatic rings. The molecule has 0 aliphatic carbocycles. The fourth-order valence-electron chi connectivity index (χ4n) is 1.57. The Kier molecular flexibility index (Phi) is 4.08. The van der Waals surface area contributed by atoms with Gasteiger partial charge in [-0.05, 0) is 23.8 Å². The molecule has 2 rings (SSSR count). The number of benzene rings is 1. The van der Waals surface area contributed by atoms with Gasteiger partial charge in [-0.3, -0.25) is 4.98 Å². The zero-order valence-electron chi connectivity index (χ0n) is 9.12. The summed E-state index contributed by atoms with van der Waals surface area (Å²) in [6, 6.07) is 9.16. The van der Waals surface area contributed by atoms with E-state index in [-0.39, 0.29) is 6.42 Å². The summed E-state index contributed by atoms with van der Waals surface area (Å²) in [6.07, 6.45) is 1.90. The van der Waals surface area contributed by atoms with Crippen LogP contribution in [0.4, 0.5) is 0 Å². The summed E-state index contributed by atoms with van der Waals surface area (Å²) in [6.45, 7) is 0. The van der Waals surface area contributed by atoms with Gasteiger partial charge in [0.2, 0.25) is 0 Å². The van der Waals surface area contributed by atoms with Crippen LogP contribution in [0.2, 0.25) is 15.1 Å². The molecule has 0 spiro atoms. The van der Waals surface area contributed by atoms with Crippen molar-refractivity contribution in [3.63, 3.8) is 0 Å². The molecule has 0 radical (unpaired) electrons. The highest BCUT2D eigenvalue weighted by Crippen LogP contribution is 2.37. The molecule has 0 bridgehead atoms. The molecule has 0 saturated heterocycles. The van der Waals surface area contributed by atoms with Crippen LogP contribution in [0.15, 0.2) is 30.5 Å². The van der Waals surface area contributed by atoms with E-state index in [1.54, 1.807) is 18.3 Å². The number of rotatable bonds is 2. The van der Waals surface area contributed by atoms with Crippen LogP contribution in [0.25, 0.3) is 11.1 Å². The quantitative estimate of drug-likeness (QED) is 0.748. The van der Waals surface area contributed by atoms with Crippen molar-refractivity contribution in [1.82, 2.24) is 4.98 Å². The smallest absolute Gasteiger partial charge is 0.0784 e. The van der Waals surface area contributed by atoms with Crippen LogP contribution < -0.4 is 0 Å². The maximum atomic E-state index is 8.66. The normalized spacial score (nSPS) is 10.1. The van der Waals surface area contributed by atoms with Gasteiger partial charge in [-0.2, -0.15) is 5.26 Å². The first-order valence-electron chi connectivity index (χ1n) is 5.09. The van der Waals surface area contributed by atoms with E-state index >= 15 is 0 Å². The second-order valence-corrected chi connectivity index (χ2v) is 4.76. The maximum absolute atomic E-state index is 8.66. The Labute approximate surface area is 120 Å². The molecule has 0 amide bonds. The SMILES string of the molecule is N#CCc1cc(-c2ccc(Cl)c(Cl)c2Cl)ccn1. The predicted octanol–water partition coefficient (Wildman–Crippen LogP) is 4.77. The van der Waals surface area contributed by atoms with Crippen molar-refractivity contribution >= 4 is 34.8 Å². The van der Waals surface area contributed by atoms with Gasteiger partial charge in [0, 0.05) is 11.8 Å². The van der Waals surface area contributed by atoms with Crippen LogP contribution in [-0.2, 0) is 6.42 Å². The number of aromatic nitrogens is 1. The van der Waals surface area contributed by atoms with Crippen LogP contribution in [0.3, 0.4) is 0 Å². The van der Waals surface area contributed by atoms with Crippen LogP contribution in [0, 0.1) is 11.3 Å². The molecule has 0 aliphatic rings. The van der Waals surface area contributed by atoms with Gasteiger partial charge in [0.25, 0.3) is 0 Å². The third-order valence-electron chi connectivity index (χ3n) is 2.42. The first kappa shape index (κ1) is 13.2. The van der Waals surface area contributed by atoms with E-state index in [0.29, 0.717) is 20.8 Å². The number of nitriles is 1. The lowest BCUT2D eigenvalue weighted by atomic mass is 10.1. The third-order valence-corrected chi connectivity index (χ3v) is 3.72. The Bertz CT molecular complexity index is 633. The lowest BCUT2D eigenvalue weighted by Gasteiger charge is -2.08. The van der Waals surface area contributed by atoms with Gasteiger partial charge in [-0.25, -0.2) is 0 Å². The van der Waals surface area contributed by atoms with Crippen molar-refractivity contribution in [2.24, 2.45) is 0 Å². The molecule has 0 atom stereocenters. The fourth-order valence-corrected chi connectivity index (χ4v) is 2.22. The van der Waals surface area contributed by atoms with Gasteiger partial charge in [0.05, 0.1) is 33.3 Å². The summed E-state index contributed by atoms with van der Waals surface area (Å²) < 4.78 is 0. The standard InChI is InChI=1S/C13H7Cl3N2/c14-11-2-1-10(12(15)13(11)16)8-4-6-18-9(7-8)3-5-17/h1-2,4,6-7H,3H2. The fraction of sp³-hybridized carbons (Fsp3) is 0.0769. The molecule has 18 heavy (non-hydrogen) atoms. The lowest BCUT2D eigenvalue weighted by molar-refractivity contribution is 1.12. The van der Waals surface area contributed by atoms with E-state index in [2.05, 4.69) is 11.1 Å². The Balaban J connectivity index is 2.53. The van der Waals surface area contributed by atoms with Gasteiger partial charge < -0.3 is 0 Å². The molecule has 2 nitrogen and oxygen atoms in total. The minimum Gasteiger partial charge on any atom is -0.260 e. The van der Waals surface area contributed by atoms with Crippen molar-refractivity contribution < 1.29 is 0 Å². The average Bonchev–Trinajstić information content (AvgIpc) is 2.37. The van der Waals surface area contributed by atoms with Gasteiger partial charge in [0.1, 0.15) is 0 Å². The summed E-state index contributed by atoms with van der Waals surface area (Å²) in [4.78, 5) is 4.10. The summed E-state index contributed by atoms with van der Waals surface area (Å²) in [7, 11) is 0. The zero-order chi connectivity index (χ0) is 13.1. The molecule has 0 aliphatic heterocycles. The molecule has 0 unspecified atom stereocenters. The molecular formula is C13H7Cl3N2. The van der Waals surface area contributed by atoms with Crippen LogP contribution in [0.1, 0.15) is 5.69 Å². The van der Waals surface area contributed by atoms with E-state index in [4.69, 9.17) is 40.1 Å². The molecule has 0 N–H and O–H groups in total. The van der Waals surface area contributed by atoms with E-state index in [1.165, 1.54) is 0 Å². The highest BCUT2D eigenvalue weighted by atomic mass is 35.5. The summed E-state index contributed by atoms with van der Waals surface area (Å²) in [5, 5.41) is 9.80. The van der Waals surface area contributed by atoms with Crippen LogP contribution in [0.5, 0.6) is 0 Å². The van der Waals surface area contributed by atoms with Crippen molar-refractivity contribution in [2.45, 2.75) is 6.42 Å². The van der Waals surface area contributed by atoms with Gasteiger partial charge >= 0.3 is 0 Å². The second kappa shape index (κ2) is 5.58. The number of hydrogen-bond donors (Lipinski definition) is 0. The molecule has 1 heterocycles. The van der Waals surface area contributed by atoms with Gasteiger partial charge in [0.15, 0.2) is 0 Å². The van der Waals surface area contributed by atoms with Gasteiger partial charge in [-0.15, -0.1) is 0 Å². The maximum Gasteiger partial charge on any atom is 0.0784 e.